The zero-order chi connectivity index (χ0) is 15.6. The number of piperidine rings is 1. The van der Waals surface area contributed by atoms with Crippen molar-refractivity contribution in [3.63, 3.8) is 0 Å². The summed E-state index contributed by atoms with van der Waals surface area (Å²) in [6.07, 6.45) is 10.4. The van der Waals surface area contributed by atoms with Gasteiger partial charge in [-0.3, -0.25) is 4.79 Å². The number of hydrogen-bond acceptors (Lipinski definition) is 2. The van der Waals surface area contributed by atoms with Crippen LogP contribution >= 0.6 is 0 Å². The molecular weight excluding hydrogens is 270 g/mol. The fraction of sp³-hybridized carbons (Fsp3) is 0.650. The maximum Gasteiger partial charge on any atom is 0.163 e. The minimum absolute atomic E-state index is 0.335. The topological polar surface area (TPSA) is 20.3 Å². The summed E-state index contributed by atoms with van der Waals surface area (Å²) >= 11 is 0. The molecule has 0 unspecified atom stereocenters. The van der Waals surface area contributed by atoms with E-state index in [0.717, 1.165) is 24.8 Å². The van der Waals surface area contributed by atoms with Gasteiger partial charge in [0, 0.05) is 12.0 Å². The molecule has 2 rings (SSSR count). The third kappa shape index (κ3) is 5.57. The molecule has 0 saturated carbocycles. The Balaban J connectivity index is 1.67. The first-order chi connectivity index (χ1) is 10.8. The van der Waals surface area contributed by atoms with Crippen molar-refractivity contribution in [1.29, 1.82) is 0 Å². The monoisotopic (exact) mass is 301 g/mol. The highest BCUT2D eigenvalue weighted by atomic mass is 16.1. The molecule has 0 aromatic heterocycles. The van der Waals surface area contributed by atoms with Gasteiger partial charge in [0.25, 0.3) is 0 Å². The Kier molecular flexibility index (Phi) is 7.65. The number of ketones is 1. The number of carbonyl (C=O) groups excluding carboxylic acids is 1. The molecule has 1 aromatic rings. The zero-order valence-electron chi connectivity index (χ0n) is 14.2. The summed E-state index contributed by atoms with van der Waals surface area (Å²) in [6.45, 7) is 5.95. The van der Waals surface area contributed by atoms with Crippen LogP contribution < -0.4 is 0 Å². The molecule has 22 heavy (non-hydrogen) atoms. The number of carbonyl (C=O) groups is 1. The van der Waals surface area contributed by atoms with Gasteiger partial charge in [0.15, 0.2) is 5.78 Å². The van der Waals surface area contributed by atoms with Gasteiger partial charge in [0.1, 0.15) is 0 Å². The molecule has 2 heteroatoms. The highest BCUT2D eigenvalue weighted by Crippen LogP contribution is 2.16. The Bertz CT molecular complexity index is 449. The normalized spacial score (nSPS) is 15.9. The van der Waals surface area contributed by atoms with Crippen molar-refractivity contribution in [3.8, 4) is 0 Å². The predicted octanol–water partition coefficient (Wildman–Crippen LogP) is 4.87. The van der Waals surface area contributed by atoms with Crippen molar-refractivity contribution >= 4 is 5.78 Å². The molecule has 1 aromatic carbocycles. The third-order valence-corrected chi connectivity index (χ3v) is 4.66. The molecular formula is C20H31NO. The highest BCUT2D eigenvalue weighted by Gasteiger charge is 2.11. The fourth-order valence-electron chi connectivity index (χ4n) is 3.40. The van der Waals surface area contributed by atoms with Crippen LogP contribution in [0.4, 0.5) is 0 Å². The second-order valence-corrected chi connectivity index (χ2v) is 6.54. The number of nitrogens with zero attached hydrogens (tertiary/aromatic N) is 1. The largest absolute Gasteiger partial charge is 0.303 e. The first kappa shape index (κ1) is 17.2. The van der Waals surface area contributed by atoms with Gasteiger partial charge >= 0.3 is 0 Å². The molecule has 2 nitrogen and oxygen atoms in total. The molecule has 0 amide bonds. The van der Waals surface area contributed by atoms with E-state index >= 15 is 0 Å². The number of likely N-dealkylation sites (tertiary alicyclic amines) is 1. The Morgan fingerprint density at radius 2 is 1.82 bits per heavy atom. The van der Waals surface area contributed by atoms with Crippen molar-refractivity contribution in [3.05, 3.63) is 35.4 Å². The molecule has 0 aliphatic carbocycles. The quantitative estimate of drug-likeness (QED) is 0.479. The van der Waals surface area contributed by atoms with Crippen LogP contribution in [0.15, 0.2) is 24.3 Å². The van der Waals surface area contributed by atoms with Crippen LogP contribution in [-0.2, 0) is 6.42 Å². The van der Waals surface area contributed by atoms with Gasteiger partial charge in [-0.15, -0.1) is 0 Å². The summed E-state index contributed by atoms with van der Waals surface area (Å²) in [4.78, 5) is 15.0. The van der Waals surface area contributed by atoms with Crippen molar-refractivity contribution in [2.24, 2.45) is 0 Å². The lowest BCUT2D eigenvalue weighted by Crippen LogP contribution is -2.30. The molecule has 1 aliphatic rings. The van der Waals surface area contributed by atoms with Crippen LogP contribution in [0.5, 0.6) is 0 Å². The van der Waals surface area contributed by atoms with E-state index in [-0.39, 0.29) is 0 Å². The van der Waals surface area contributed by atoms with Crippen molar-refractivity contribution < 1.29 is 4.79 Å². The van der Waals surface area contributed by atoms with Gasteiger partial charge in [-0.05, 0) is 57.3 Å². The number of benzene rings is 1. The fourth-order valence-corrected chi connectivity index (χ4v) is 3.40. The van der Waals surface area contributed by atoms with Crippen LogP contribution in [0.1, 0.15) is 74.2 Å². The minimum Gasteiger partial charge on any atom is -0.303 e. The van der Waals surface area contributed by atoms with Crippen molar-refractivity contribution in [2.75, 3.05) is 19.6 Å². The summed E-state index contributed by atoms with van der Waals surface area (Å²) in [5.74, 6) is 0.335. The molecule has 122 valence electrons. The van der Waals surface area contributed by atoms with Crippen LogP contribution in [-0.4, -0.2) is 30.3 Å². The molecule has 0 radical (unpaired) electrons. The van der Waals surface area contributed by atoms with Crippen LogP contribution in [0.25, 0.3) is 0 Å². The van der Waals surface area contributed by atoms with Crippen LogP contribution in [0.2, 0.25) is 0 Å². The molecule has 0 atom stereocenters. The molecule has 1 fully saturated rings. The predicted molar refractivity (Wildman–Crippen MR) is 93.5 cm³/mol. The second-order valence-electron chi connectivity index (χ2n) is 6.54. The van der Waals surface area contributed by atoms with E-state index in [1.807, 2.05) is 18.2 Å². The molecule has 1 heterocycles. The second kappa shape index (κ2) is 9.78. The first-order valence-electron chi connectivity index (χ1n) is 9.14. The molecule has 1 saturated heterocycles. The maximum absolute atomic E-state index is 12.4. The summed E-state index contributed by atoms with van der Waals surface area (Å²) in [5, 5.41) is 0. The Hall–Kier alpha value is -1.15. The van der Waals surface area contributed by atoms with Crippen LogP contribution in [0.3, 0.4) is 0 Å². The van der Waals surface area contributed by atoms with Gasteiger partial charge < -0.3 is 4.90 Å². The lowest BCUT2D eigenvalue weighted by Gasteiger charge is -2.26. The Morgan fingerprint density at radius 1 is 1.05 bits per heavy atom. The van der Waals surface area contributed by atoms with E-state index in [0.29, 0.717) is 12.2 Å². The summed E-state index contributed by atoms with van der Waals surface area (Å²) < 4.78 is 0. The third-order valence-electron chi connectivity index (χ3n) is 4.66. The summed E-state index contributed by atoms with van der Waals surface area (Å²) in [5.41, 5.74) is 2.18. The highest BCUT2D eigenvalue weighted by molar-refractivity contribution is 5.97. The lowest BCUT2D eigenvalue weighted by molar-refractivity contribution is 0.0977. The van der Waals surface area contributed by atoms with Crippen molar-refractivity contribution in [1.82, 2.24) is 4.90 Å². The average Bonchev–Trinajstić information content (AvgIpc) is 2.56. The molecule has 0 N–H and O–H groups in total. The van der Waals surface area contributed by atoms with E-state index in [1.165, 1.54) is 57.3 Å². The van der Waals surface area contributed by atoms with Crippen LogP contribution in [0, 0.1) is 0 Å². The smallest absolute Gasteiger partial charge is 0.163 e. The van der Waals surface area contributed by atoms with Gasteiger partial charge in [0.2, 0.25) is 0 Å². The van der Waals surface area contributed by atoms with Gasteiger partial charge in [-0.25, -0.2) is 0 Å². The number of hydrogen-bond donors (Lipinski definition) is 0. The molecule has 1 aliphatic heterocycles. The summed E-state index contributed by atoms with van der Waals surface area (Å²) in [7, 11) is 0. The minimum atomic E-state index is 0.335. The average molecular weight is 301 g/mol. The number of unbranched alkanes of at least 4 members (excludes halogenated alkanes) is 2. The van der Waals surface area contributed by atoms with E-state index in [4.69, 9.17) is 0 Å². The number of rotatable bonds is 9. The summed E-state index contributed by atoms with van der Waals surface area (Å²) in [6, 6.07) is 8.14. The maximum atomic E-state index is 12.4. The number of Topliss-reactive ketones (excluding diaryl/α,β-unsaturated/α-hetero) is 1. The Labute approximate surface area is 135 Å². The number of aryl methyl sites for hydroxylation is 1. The lowest BCUT2D eigenvalue weighted by atomic mass is 9.97. The van der Waals surface area contributed by atoms with Gasteiger partial charge in [-0.1, -0.05) is 50.5 Å². The van der Waals surface area contributed by atoms with Crippen molar-refractivity contribution in [2.45, 2.75) is 64.7 Å². The van der Waals surface area contributed by atoms with E-state index in [2.05, 4.69) is 17.9 Å². The van der Waals surface area contributed by atoms with E-state index in [9.17, 15) is 4.79 Å². The van der Waals surface area contributed by atoms with Gasteiger partial charge in [0.05, 0.1) is 0 Å². The Morgan fingerprint density at radius 3 is 2.59 bits per heavy atom. The molecule has 0 bridgehead atoms. The van der Waals surface area contributed by atoms with E-state index < -0.39 is 0 Å². The first-order valence-corrected chi connectivity index (χ1v) is 9.14. The zero-order valence-corrected chi connectivity index (χ0v) is 14.2. The SMILES string of the molecule is CCCc1ccccc1C(=O)CCCCCN1CCCCC1. The van der Waals surface area contributed by atoms with Gasteiger partial charge in [-0.2, -0.15) is 0 Å². The standard InChI is InChI=1S/C20H31NO/c1-2-11-18-12-6-7-13-19(18)20(22)14-5-3-8-15-21-16-9-4-10-17-21/h6-7,12-13H,2-5,8-11,14-17H2,1H3. The molecule has 0 spiro atoms. The van der Waals surface area contributed by atoms with E-state index in [1.54, 1.807) is 0 Å².